The lowest BCUT2D eigenvalue weighted by atomic mass is 9.96. The zero-order valence-electron chi connectivity index (χ0n) is 17.7. The number of rotatable bonds is 7. The molecule has 1 aliphatic heterocycles. The van der Waals surface area contributed by atoms with E-state index >= 15 is 0 Å². The molecule has 2 aromatic carbocycles. The Balaban J connectivity index is 1.39. The van der Waals surface area contributed by atoms with E-state index in [1.54, 1.807) is 0 Å². The van der Waals surface area contributed by atoms with Crippen molar-refractivity contribution in [2.45, 2.75) is 12.8 Å². The van der Waals surface area contributed by atoms with Gasteiger partial charge in [-0.2, -0.15) is 10.2 Å². The predicted molar refractivity (Wildman–Crippen MR) is 120 cm³/mol. The molecule has 6 N–H and O–H groups in total. The summed E-state index contributed by atoms with van der Waals surface area (Å²) < 4.78 is 0. The molecule has 0 atom stereocenters. The summed E-state index contributed by atoms with van der Waals surface area (Å²) in [6.07, 6.45) is 3.69. The topological polar surface area (TPSA) is 167 Å². The second kappa shape index (κ2) is 11.0. The minimum atomic E-state index is -0.328. The number of hydrogen-bond donors (Lipinski definition) is 6. The number of hydrogen-bond acceptors (Lipinski definition) is 9. The average molecular weight is 455 g/mol. The molecule has 0 saturated carbocycles. The van der Waals surface area contributed by atoms with Crippen LogP contribution < -0.4 is 10.9 Å². The van der Waals surface area contributed by atoms with E-state index in [0.29, 0.717) is 37.1 Å². The van der Waals surface area contributed by atoms with E-state index in [9.17, 15) is 30.0 Å². The molecule has 3 rings (SSSR count). The predicted octanol–water partition coefficient (Wildman–Crippen LogP) is 0.821. The molecular weight excluding hydrogens is 430 g/mol. The van der Waals surface area contributed by atoms with Gasteiger partial charge in [0.2, 0.25) is 5.91 Å². The zero-order valence-corrected chi connectivity index (χ0v) is 17.7. The van der Waals surface area contributed by atoms with Crippen molar-refractivity contribution < 1.29 is 30.0 Å². The third kappa shape index (κ3) is 6.94. The van der Waals surface area contributed by atoms with Gasteiger partial charge in [-0.25, -0.2) is 10.9 Å². The van der Waals surface area contributed by atoms with Crippen LogP contribution in [0.1, 0.15) is 24.0 Å². The number of nitrogens with one attached hydrogen (secondary N) is 2. The number of piperidine rings is 1. The van der Waals surface area contributed by atoms with Crippen LogP contribution in [-0.2, 0) is 9.59 Å². The Morgan fingerprint density at radius 1 is 0.879 bits per heavy atom. The molecule has 1 heterocycles. The number of phenols is 4. The summed E-state index contributed by atoms with van der Waals surface area (Å²) in [6.45, 7) is 1.22. The number of benzene rings is 2. The highest BCUT2D eigenvalue weighted by atomic mass is 16.3. The molecule has 2 amide bonds. The van der Waals surface area contributed by atoms with Crippen LogP contribution in [0.3, 0.4) is 0 Å². The first-order valence-corrected chi connectivity index (χ1v) is 10.2. The van der Waals surface area contributed by atoms with Gasteiger partial charge in [-0.3, -0.25) is 14.5 Å². The van der Waals surface area contributed by atoms with Crippen molar-refractivity contribution in [3.63, 3.8) is 0 Å². The molecule has 1 fully saturated rings. The van der Waals surface area contributed by atoms with Crippen LogP contribution in [0.2, 0.25) is 0 Å². The lowest BCUT2D eigenvalue weighted by molar-refractivity contribution is -0.126. The fraction of sp³-hybridized carbons (Fsp3) is 0.273. The minimum absolute atomic E-state index is 0.0717. The quantitative estimate of drug-likeness (QED) is 0.265. The summed E-state index contributed by atoms with van der Waals surface area (Å²) in [6, 6.07) is 8.08. The van der Waals surface area contributed by atoms with E-state index in [0.717, 1.165) is 0 Å². The Labute approximate surface area is 189 Å². The molecule has 0 unspecified atom stereocenters. The summed E-state index contributed by atoms with van der Waals surface area (Å²) in [4.78, 5) is 26.3. The van der Waals surface area contributed by atoms with Gasteiger partial charge in [0.25, 0.3) is 5.91 Å². The first kappa shape index (κ1) is 23.5. The van der Waals surface area contributed by atoms with Gasteiger partial charge >= 0.3 is 0 Å². The molecule has 1 aliphatic rings. The zero-order chi connectivity index (χ0) is 23.8. The van der Waals surface area contributed by atoms with Crippen LogP contribution in [0, 0.1) is 5.92 Å². The van der Waals surface area contributed by atoms with Crippen LogP contribution in [-0.4, -0.2) is 69.2 Å². The maximum atomic E-state index is 12.3. The summed E-state index contributed by atoms with van der Waals surface area (Å²) in [7, 11) is 0. The number of likely N-dealkylation sites (tertiary alicyclic amines) is 1. The van der Waals surface area contributed by atoms with Crippen LogP contribution >= 0.6 is 0 Å². The lowest BCUT2D eigenvalue weighted by Gasteiger charge is -2.30. The van der Waals surface area contributed by atoms with Gasteiger partial charge in [0.15, 0.2) is 0 Å². The van der Waals surface area contributed by atoms with Crippen molar-refractivity contribution in [3.8, 4) is 23.0 Å². The second-order valence-corrected chi connectivity index (χ2v) is 7.56. The average Bonchev–Trinajstić information content (AvgIpc) is 2.77. The summed E-state index contributed by atoms with van der Waals surface area (Å²) in [5, 5.41) is 45.6. The standard InChI is InChI=1S/C22H25N5O6/c28-17-3-1-15(19(30)9-17)11-23-25-21(32)13-27-7-5-14(6-8-27)22(33)26-24-12-16-2-4-18(29)10-20(16)31/h1-4,9-12,14,28-31H,5-8,13H2,(H,25,32)(H,26,33)/b23-11+,24-12+. The number of hydrazone groups is 2. The molecule has 0 aliphatic carbocycles. The van der Waals surface area contributed by atoms with E-state index in [-0.39, 0.29) is 47.3 Å². The summed E-state index contributed by atoms with van der Waals surface area (Å²) in [5.74, 6) is -1.27. The van der Waals surface area contributed by atoms with Gasteiger partial charge in [-0.1, -0.05) is 0 Å². The van der Waals surface area contributed by atoms with Crippen molar-refractivity contribution in [2.24, 2.45) is 16.1 Å². The summed E-state index contributed by atoms with van der Waals surface area (Å²) >= 11 is 0. The maximum absolute atomic E-state index is 12.3. The smallest absolute Gasteiger partial charge is 0.254 e. The van der Waals surface area contributed by atoms with Crippen molar-refractivity contribution in [1.82, 2.24) is 15.8 Å². The van der Waals surface area contributed by atoms with Gasteiger partial charge in [-0.05, 0) is 50.2 Å². The number of carbonyl (C=O) groups is 2. The largest absolute Gasteiger partial charge is 0.508 e. The number of aromatic hydroxyl groups is 4. The summed E-state index contributed by atoms with van der Waals surface area (Å²) in [5.41, 5.74) is 5.55. The first-order valence-electron chi connectivity index (χ1n) is 10.2. The molecule has 33 heavy (non-hydrogen) atoms. The van der Waals surface area contributed by atoms with E-state index in [1.165, 1.54) is 48.8 Å². The Hall–Kier alpha value is -4.12. The first-order chi connectivity index (χ1) is 15.8. The van der Waals surface area contributed by atoms with Crippen LogP contribution in [0.15, 0.2) is 46.6 Å². The van der Waals surface area contributed by atoms with Crippen molar-refractivity contribution >= 4 is 24.2 Å². The Morgan fingerprint density at radius 2 is 1.39 bits per heavy atom. The number of phenolic OH excluding ortho intramolecular Hbond substituents is 4. The molecule has 2 aromatic rings. The van der Waals surface area contributed by atoms with E-state index in [1.807, 2.05) is 4.90 Å². The third-order valence-corrected chi connectivity index (χ3v) is 5.12. The minimum Gasteiger partial charge on any atom is -0.508 e. The Morgan fingerprint density at radius 3 is 1.91 bits per heavy atom. The van der Waals surface area contributed by atoms with Gasteiger partial charge in [0.1, 0.15) is 23.0 Å². The Bertz CT molecular complexity index is 1060. The van der Waals surface area contributed by atoms with Gasteiger partial charge in [-0.15, -0.1) is 0 Å². The fourth-order valence-electron chi connectivity index (χ4n) is 3.30. The fourth-order valence-corrected chi connectivity index (χ4v) is 3.30. The number of nitrogens with zero attached hydrogens (tertiary/aromatic N) is 3. The van der Waals surface area contributed by atoms with E-state index < -0.39 is 0 Å². The molecule has 0 bridgehead atoms. The van der Waals surface area contributed by atoms with Crippen LogP contribution in [0.4, 0.5) is 0 Å². The van der Waals surface area contributed by atoms with Crippen molar-refractivity contribution in [1.29, 1.82) is 0 Å². The molecular formula is C22H25N5O6. The van der Waals surface area contributed by atoms with Gasteiger partial charge in [0, 0.05) is 29.2 Å². The monoisotopic (exact) mass is 455 g/mol. The maximum Gasteiger partial charge on any atom is 0.254 e. The number of amides is 2. The SMILES string of the molecule is O=C(CN1CCC(C(=O)N/N=C/c2ccc(O)cc2O)CC1)N/N=C/c1ccc(O)cc1O. The molecule has 174 valence electrons. The van der Waals surface area contributed by atoms with Gasteiger partial charge < -0.3 is 20.4 Å². The third-order valence-electron chi connectivity index (χ3n) is 5.12. The molecule has 0 aromatic heterocycles. The van der Waals surface area contributed by atoms with E-state index in [4.69, 9.17) is 0 Å². The number of carbonyl (C=O) groups excluding carboxylic acids is 2. The highest BCUT2D eigenvalue weighted by Crippen LogP contribution is 2.22. The van der Waals surface area contributed by atoms with Crippen LogP contribution in [0.5, 0.6) is 23.0 Å². The molecule has 0 radical (unpaired) electrons. The van der Waals surface area contributed by atoms with Gasteiger partial charge in [0.05, 0.1) is 19.0 Å². The highest BCUT2D eigenvalue weighted by Gasteiger charge is 2.25. The van der Waals surface area contributed by atoms with Crippen LogP contribution in [0.25, 0.3) is 0 Å². The highest BCUT2D eigenvalue weighted by molar-refractivity contribution is 5.86. The van der Waals surface area contributed by atoms with Crippen molar-refractivity contribution in [3.05, 3.63) is 47.5 Å². The molecule has 0 spiro atoms. The second-order valence-electron chi connectivity index (χ2n) is 7.56. The molecule has 11 heteroatoms. The lowest BCUT2D eigenvalue weighted by Crippen LogP contribution is -2.43. The molecule has 1 saturated heterocycles. The van der Waals surface area contributed by atoms with E-state index in [2.05, 4.69) is 21.1 Å². The van der Waals surface area contributed by atoms with Crippen molar-refractivity contribution in [2.75, 3.05) is 19.6 Å². The molecule has 11 nitrogen and oxygen atoms in total. The Kier molecular flexibility index (Phi) is 7.82. The normalized spacial score (nSPS) is 15.2.